The Balaban J connectivity index is 0.000000171. The fourth-order valence-corrected chi connectivity index (χ4v) is 1.25. The van der Waals surface area contributed by atoms with Gasteiger partial charge in [-0.15, -0.1) is 0 Å². The molecule has 0 amide bonds. The van der Waals surface area contributed by atoms with E-state index in [9.17, 15) is 0 Å². The summed E-state index contributed by atoms with van der Waals surface area (Å²) in [6, 6.07) is 15.2. The van der Waals surface area contributed by atoms with Gasteiger partial charge >= 0.3 is 0 Å². The van der Waals surface area contributed by atoms with Crippen molar-refractivity contribution in [2.75, 3.05) is 18.6 Å². The molecule has 0 aliphatic carbocycles. The van der Waals surface area contributed by atoms with Crippen molar-refractivity contribution in [2.45, 2.75) is 6.92 Å². The Kier molecular flexibility index (Phi) is 4.88. The highest BCUT2D eigenvalue weighted by Crippen LogP contribution is 2.18. The normalized spacial score (nSPS) is 9.06. The Morgan fingerprint density at radius 2 is 1.35 bits per heavy atom. The van der Waals surface area contributed by atoms with Crippen molar-refractivity contribution in [3.05, 3.63) is 54.1 Å². The van der Waals surface area contributed by atoms with Gasteiger partial charge in [0, 0.05) is 5.69 Å². The van der Waals surface area contributed by atoms with Crippen LogP contribution < -0.4 is 16.2 Å². The molecule has 2 aromatic carbocycles. The van der Waals surface area contributed by atoms with Crippen LogP contribution in [0.25, 0.3) is 0 Å². The molecule has 90 valence electrons. The third-order valence-corrected chi connectivity index (χ3v) is 2.33. The minimum atomic E-state index is 0.681. The van der Waals surface area contributed by atoms with E-state index >= 15 is 0 Å². The number of aryl methyl sites for hydroxylation is 1. The van der Waals surface area contributed by atoms with E-state index in [4.69, 9.17) is 16.2 Å². The summed E-state index contributed by atoms with van der Waals surface area (Å²) >= 11 is 0. The maximum Gasteiger partial charge on any atom is 0.141 e. The number of nitrogens with two attached hydrogens (primary N) is 2. The molecular weight excluding hydrogens is 212 g/mol. The van der Waals surface area contributed by atoms with Gasteiger partial charge in [-0.05, 0) is 30.7 Å². The second kappa shape index (κ2) is 6.43. The van der Waals surface area contributed by atoms with Gasteiger partial charge in [-0.3, -0.25) is 0 Å². The van der Waals surface area contributed by atoms with Crippen LogP contribution in [0.15, 0.2) is 48.5 Å². The summed E-state index contributed by atoms with van der Waals surface area (Å²) in [5.74, 6) is 0.734. The molecule has 0 unspecified atom stereocenters. The highest BCUT2D eigenvalue weighted by Gasteiger charge is 1.91. The molecule has 0 radical (unpaired) electrons. The van der Waals surface area contributed by atoms with Crippen LogP contribution in [0.1, 0.15) is 5.56 Å². The van der Waals surface area contributed by atoms with E-state index in [2.05, 4.69) is 0 Å². The van der Waals surface area contributed by atoms with Crippen molar-refractivity contribution >= 4 is 11.4 Å². The Morgan fingerprint density at radius 1 is 0.824 bits per heavy atom. The van der Waals surface area contributed by atoms with Gasteiger partial charge in [0.2, 0.25) is 0 Å². The molecule has 0 aliphatic rings. The molecule has 3 nitrogen and oxygen atoms in total. The number of rotatable bonds is 1. The number of hydrogen-bond acceptors (Lipinski definition) is 3. The van der Waals surface area contributed by atoms with Crippen LogP contribution in [0.5, 0.6) is 5.75 Å². The molecule has 0 saturated heterocycles. The van der Waals surface area contributed by atoms with E-state index < -0.39 is 0 Å². The molecule has 0 aliphatic heterocycles. The molecule has 0 aromatic heterocycles. The maximum absolute atomic E-state index is 5.52. The van der Waals surface area contributed by atoms with Crippen molar-refractivity contribution in [1.29, 1.82) is 0 Å². The highest BCUT2D eigenvalue weighted by atomic mass is 16.5. The molecule has 0 atom stereocenters. The molecule has 2 aromatic rings. The van der Waals surface area contributed by atoms with E-state index in [1.165, 1.54) is 0 Å². The van der Waals surface area contributed by atoms with Crippen molar-refractivity contribution in [1.82, 2.24) is 0 Å². The topological polar surface area (TPSA) is 61.3 Å². The largest absolute Gasteiger partial charge is 0.495 e. The molecule has 0 saturated carbocycles. The molecule has 17 heavy (non-hydrogen) atoms. The summed E-state index contributed by atoms with van der Waals surface area (Å²) in [7, 11) is 1.60. The first-order valence-electron chi connectivity index (χ1n) is 5.34. The van der Waals surface area contributed by atoms with Crippen molar-refractivity contribution in [3.8, 4) is 5.75 Å². The smallest absolute Gasteiger partial charge is 0.141 e. The first kappa shape index (κ1) is 12.9. The van der Waals surface area contributed by atoms with Gasteiger partial charge in [0.25, 0.3) is 0 Å². The number of hydrogen-bond donors (Lipinski definition) is 2. The van der Waals surface area contributed by atoms with Crippen LogP contribution in [-0.2, 0) is 0 Å². The monoisotopic (exact) mass is 230 g/mol. The zero-order valence-electron chi connectivity index (χ0n) is 10.2. The highest BCUT2D eigenvalue weighted by molar-refractivity contribution is 5.51. The lowest BCUT2D eigenvalue weighted by atomic mass is 10.2. The predicted octanol–water partition coefficient (Wildman–Crippen LogP) is 2.85. The predicted molar refractivity (Wildman–Crippen MR) is 73.0 cm³/mol. The standard InChI is InChI=1S/C7H9NO.C7H9N/c1-9-7-5-3-2-4-6(7)8;1-6-4-2-3-5-7(6)8/h2-5H,8H2,1H3;2-5H,8H2,1H3. The Morgan fingerprint density at radius 3 is 1.71 bits per heavy atom. The van der Waals surface area contributed by atoms with Crippen molar-refractivity contribution < 1.29 is 4.74 Å². The van der Waals surface area contributed by atoms with Gasteiger partial charge in [-0.1, -0.05) is 30.3 Å². The second-order valence-corrected chi connectivity index (χ2v) is 3.60. The summed E-state index contributed by atoms with van der Waals surface area (Å²) in [4.78, 5) is 0. The van der Waals surface area contributed by atoms with Crippen LogP contribution in [0, 0.1) is 6.92 Å². The SMILES string of the molecule is COc1ccccc1N.Cc1ccccc1N. The molecule has 0 fully saturated rings. The molecule has 0 spiro atoms. The fraction of sp³-hybridized carbons (Fsp3) is 0.143. The van der Waals surface area contributed by atoms with Crippen LogP contribution in [0.4, 0.5) is 11.4 Å². The van der Waals surface area contributed by atoms with Crippen molar-refractivity contribution in [3.63, 3.8) is 0 Å². The number of benzene rings is 2. The van der Waals surface area contributed by atoms with Gasteiger partial charge in [0.1, 0.15) is 5.75 Å². The van der Waals surface area contributed by atoms with Crippen molar-refractivity contribution in [2.24, 2.45) is 0 Å². The third kappa shape index (κ3) is 4.07. The van der Waals surface area contributed by atoms with E-state index in [1.807, 2.05) is 49.4 Å². The summed E-state index contributed by atoms with van der Waals surface area (Å²) in [6.07, 6.45) is 0. The first-order chi connectivity index (χ1) is 8.15. The summed E-state index contributed by atoms with van der Waals surface area (Å²) in [5, 5.41) is 0. The Labute approximate surface area is 102 Å². The lowest BCUT2D eigenvalue weighted by Gasteiger charge is -2.00. The average molecular weight is 230 g/mol. The Bertz CT molecular complexity index is 448. The number of nitrogen functional groups attached to an aromatic ring is 2. The molecule has 0 bridgehead atoms. The number of para-hydroxylation sites is 3. The van der Waals surface area contributed by atoms with Gasteiger partial charge in [0.15, 0.2) is 0 Å². The van der Waals surface area contributed by atoms with E-state index in [0.717, 1.165) is 17.0 Å². The summed E-state index contributed by atoms with van der Waals surface area (Å²) in [5.41, 5.74) is 13.7. The zero-order valence-corrected chi connectivity index (χ0v) is 10.2. The number of anilines is 2. The van der Waals surface area contributed by atoms with Crippen LogP contribution in [0.2, 0.25) is 0 Å². The molecule has 3 heteroatoms. The fourth-order valence-electron chi connectivity index (χ4n) is 1.25. The number of methoxy groups -OCH3 is 1. The summed E-state index contributed by atoms with van der Waals surface area (Å²) in [6.45, 7) is 2.00. The van der Waals surface area contributed by atoms with Gasteiger partial charge in [0.05, 0.1) is 12.8 Å². The maximum atomic E-state index is 5.52. The minimum Gasteiger partial charge on any atom is -0.495 e. The van der Waals surface area contributed by atoms with Crippen LogP contribution in [-0.4, -0.2) is 7.11 Å². The Hall–Kier alpha value is -2.16. The quantitative estimate of drug-likeness (QED) is 0.740. The summed E-state index contributed by atoms with van der Waals surface area (Å²) < 4.78 is 4.92. The van der Waals surface area contributed by atoms with Gasteiger partial charge in [-0.2, -0.15) is 0 Å². The van der Waals surface area contributed by atoms with Gasteiger partial charge in [-0.25, -0.2) is 0 Å². The number of ether oxygens (including phenoxy) is 1. The van der Waals surface area contributed by atoms with Gasteiger partial charge < -0.3 is 16.2 Å². The lowest BCUT2D eigenvalue weighted by molar-refractivity contribution is 0.417. The molecular formula is C14H18N2O. The van der Waals surface area contributed by atoms with E-state index in [1.54, 1.807) is 13.2 Å². The zero-order chi connectivity index (χ0) is 12.7. The lowest BCUT2D eigenvalue weighted by Crippen LogP contribution is -1.89. The minimum absolute atomic E-state index is 0.681. The first-order valence-corrected chi connectivity index (χ1v) is 5.34. The van der Waals surface area contributed by atoms with E-state index in [0.29, 0.717) is 5.69 Å². The molecule has 4 N–H and O–H groups in total. The second-order valence-electron chi connectivity index (χ2n) is 3.60. The van der Waals surface area contributed by atoms with E-state index in [-0.39, 0.29) is 0 Å². The third-order valence-electron chi connectivity index (χ3n) is 2.33. The average Bonchev–Trinajstić information content (AvgIpc) is 2.34. The molecule has 0 heterocycles. The van der Waals surface area contributed by atoms with Crippen LogP contribution >= 0.6 is 0 Å². The van der Waals surface area contributed by atoms with Crippen LogP contribution in [0.3, 0.4) is 0 Å². The molecule has 2 rings (SSSR count).